The van der Waals surface area contributed by atoms with Gasteiger partial charge in [-0.05, 0) is 43.9 Å². The Bertz CT molecular complexity index is 421. The summed E-state index contributed by atoms with van der Waals surface area (Å²) in [5.74, 6) is -1.25. The normalized spacial score (nSPS) is 12.0. The summed E-state index contributed by atoms with van der Waals surface area (Å²) in [6.45, 7) is 2.23. The van der Waals surface area contributed by atoms with Crippen LogP contribution in [0.1, 0.15) is 25.3 Å². The molecule has 3 N–H and O–H groups in total. The minimum absolute atomic E-state index is 0.0336. The van der Waals surface area contributed by atoms with Crippen LogP contribution in [0.2, 0.25) is 0 Å². The predicted molar refractivity (Wildman–Crippen MR) is 72.4 cm³/mol. The molecule has 2 amide bonds. The maximum absolute atomic E-state index is 12.9. The molecule has 1 aromatic rings. The molecule has 0 aliphatic carbocycles. The third-order valence-corrected chi connectivity index (χ3v) is 2.79. The van der Waals surface area contributed by atoms with Gasteiger partial charge in [0.15, 0.2) is 0 Å². The standard InChI is InChI=1S/C14H20F2N2O2/c1-10(3-2-6-19)18-14(20)17-5-4-11-7-12(15)9-13(16)8-11/h7-10,19H,2-6H2,1H3,(H2,17,18,20). The molecule has 1 aromatic carbocycles. The van der Waals surface area contributed by atoms with Crippen LogP contribution in [0.3, 0.4) is 0 Å². The van der Waals surface area contributed by atoms with Gasteiger partial charge in [-0.25, -0.2) is 13.6 Å². The van der Waals surface area contributed by atoms with E-state index in [1.54, 1.807) is 0 Å². The smallest absolute Gasteiger partial charge is 0.315 e. The van der Waals surface area contributed by atoms with Crippen LogP contribution < -0.4 is 10.6 Å². The van der Waals surface area contributed by atoms with E-state index in [-0.39, 0.29) is 18.7 Å². The molecule has 0 fully saturated rings. The Kier molecular flexibility index (Phi) is 6.93. The van der Waals surface area contributed by atoms with Gasteiger partial charge >= 0.3 is 6.03 Å². The molecule has 4 nitrogen and oxygen atoms in total. The average molecular weight is 286 g/mol. The molecule has 0 aliphatic heterocycles. The first kappa shape index (κ1) is 16.4. The van der Waals surface area contributed by atoms with Gasteiger partial charge in [-0.1, -0.05) is 0 Å². The maximum atomic E-state index is 12.9. The van der Waals surface area contributed by atoms with Crippen LogP contribution in [0.15, 0.2) is 18.2 Å². The van der Waals surface area contributed by atoms with Crippen molar-refractivity contribution in [3.63, 3.8) is 0 Å². The summed E-state index contributed by atoms with van der Waals surface area (Å²) in [7, 11) is 0. The van der Waals surface area contributed by atoms with Gasteiger partial charge in [0.25, 0.3) is 0 Å². The molecular weight excluding hydrogens is 266 g/mol. The van der Waals surface area contributed by atoms with Gasteiger partial charge in [-0.15, -0.1) is 0 Å². The zero-order valence-corrected chi connectivity index (χ0v) is 11.5. The van der Waals surface area contributed by atoms with Crippen LogP contribution in [-0.4, -0.2) is 30.3 Å². The van der Waals surface area contributed by atoms with Crippen LogP contribution in [0.25, 0.3) is 0 Å². The summed E-state index contributed by atoms with van der Waals surface area (Å²) in [6, 6.07) is 2.94. The topological polar surface area (TPSA) is 61.4 Å². The van der Waals surface area contributed by atoms with Gasteiger partial charge in [0.2, 0.25) is 0 Å². The van der Waals surface area contributed by atoms with E-state index in [0.717, 1.165) is 6.07 Å². The summed E-state index contributed by atoms with van der Waals surface area (Å²) in [5, 5.41) is 14.0. The van der Waals surface area contributed by atoms with Crippen molar-refractivity contribution in [2.45, 2.75) is 32.2 Å². The van der Waals surface area contributed by atoms with E-state index in [0.29, 0.717) is 31.4 Å². The highest BCUT2D eigenvalue weighted by atomic mass is 19.1. The number of halogens is 2. The molecule has 0 heterocycles. The highest BCUT2D eigenvalue weighted by Gasteiger charge is 2.06. The molecule has 0 spiro atoms. The van der Waals surface area contributed by atoms with Crippen molar-refractivity contribution in [1.29, 1.82) is 0 Å². The van der Waals surface area contributed by atoms with E-state index in [4.69, 9.17) is 5.11 Å². The van der Waals surface area contributed by atoms with Crippen molar-refractivity contribution in [3.05, 3.63) is 35.4 Å². The maximum Gasteiger partial charge on any atom is 0.315 e. The number of urea groups is 1. The molecule has 0 saturated heterocycles. The lowest BCUT2D eigenvalue weighted by atomic mass is 10.1. The molecule has 112 valence electrons. The van der Waals surface area contributed by atoms with Crippen LogP contribution in [-0.2, 0) is 6.42 Å². The van der Waals surface area contributed by atoms with Crippen molar-refractivity contribution in [2.24, 2.45) is 0 Å². The molecule has 0 saturated carbocycles. The number of aliphatic hydroxyl groups is 1. The van der Waals surface area contributed by atoms with Crippen molar-refractivity contribution in [2.75, 3.05) is 13.2 Å². The molecule has 0 aromatic heterocycles. The second-order valence-electron chi connectivity index (χ2n) is 4.69. The number of hydrogen-bond acceptors (Lipinski definition) is 2. The quantitative estimate of drug-likeness (QED) is 0.717. The third-order valence-electron chi connectivity index (χ3n) is 2.79. The first-order chi connectivity index (χ1) is 9.51. The van der Waals surface area contributed by atoms with Gasteiger partial charge < -0.3 is 15.7 Å². The zero-order chi connectivity index (χ0) is 15.0. The molecule has 0 radical (unpaired) electrons. The minimum Gasteiger partial charge on any atom is -0.396 e. The summed E-state index contributed by atoms with van der Waals surface area (Å²) in [4.78, 5) is 11.5. The van der Waals surface area contributed by atoms with Crippen LogP contribution in [0.5, 0.6) is 0 Å². The van der Waals surface area contributed by atoms with Gasteiger partial charge in [0, 0.05) is 25.3 Å². The monoisotopic (exact) mass is 286 g/mol. The van der Waals surface area contributed by atoms with E-state index < -0.39 is 11.6 Å². The second-order valence-corrected chi connectivity index (χ2v) is 4.69. The lowest BCUT2D eigenvalue weighted by molar-refractivity contribution is 0.234. The van der Waals surface area contributed by atoms with E-state index in [1.165, 1.54) is 12.1 Å². The number of hydrogen-bond donors (Lipinski definition) is 3. The summed E-state index contributed by atoms with van der Waals surface area (Å²) in [5.41, 5.74) is 0.496. The minimum atomic E-state index is -0.623. The molecule has 0 aliphatic rings. The van der Waals surface area contributed by atoms with Crippen molar-refractivity contribution < 1.29 is 18.7 Å². The fourth-order valence-electron chi connectivity index (χ4n) is 1.82. The number of aliphatic hydroxyl groups excluding tert-OH is 1. The van der Waals surface area contributed by atoms with Crippen molar-refractivity contribution in [3.8, 4) is 0 Å². The number of carbonyl (C=O) groups is 1. The van der Waals surface area contributed by atoms with Gasteiger partial charge in [0.05, 0.1) is 0 Å². The molecule has 0 bridgehead atoms. The SMILES string of the molecule is CC(CCCO)NC(=O)NCCc1cc(F)cc(F)c1. The third kappa shape index (κ3) is 6.47. The number of benzene rings is 1. The average Bonchev–Trinajstić information content (AvgIpc) is 2.35. The Hall–Kier alpha value is -1.69. The highest BCUT2D eigenvalue weighted by molar-refractivity contribution is 5.74. The number of amides is 2. The first-order valence-corrected chi connectivity index (χ1v) is 6.61. The zero-order valence-electron chi connectivity index (χ0n) is 11.5. The molecule has 1 atom stereocenters. The van der Waals surface area contributed by atoms with E-state index in [9.17, 15) is 13.6 Å². The molecule has 1 unspecified atom stereocenters. The Labute approximate surface area is 117 Å². The fraction of sp³-hybridized carbons (Fsp3) is 0.500. The Morgan fingerprint density at radius 3 is 2.55 bits per heavy atom. The lowest BCUT2D eigenvalue weighted by Crippen LogP contribution is -2.41. The van der Waals surface area contributed by atoms with Crippen LogP contribution in [0.4, 0.5) is 13.6 Å². The Morgan fingerprint density at radius 1 is 1.30 bits per heavy atom. The number of carbonyl (C=O) groups excluding carboxylic acids is 1. The van der Waals surface area contributed by atoms with Crippen molar-refractivity contribution in [1.82, 2.24) is 10.6 Å². The number of nitrogens with one attached hydrogen (secondary N) is 2. The first-order valence-electron chi connectivity index (χ1n) is 6.61. The predicted octanol–water partition coefficient (Wildman–Crippen LogP) is 1.97. The van der Waals surface area contributed by atoms with E-state index >= 15 is 0 Å². The highest BCUT2D eigenvalue weighted by Crippen LogP contribution is 2.08. The Morgan fingerprint density at radius 2 is 1.95 bits per heavy atom. The summed E-state index contributed by atoms with van der Waals surface area (Å²) in [6.07, 6.45) is 1.68. The van der Waals surface area contributed by atoms with Crippen LogP contribution >= 0.6 is 0 Å². The fourth-order valence-corrected chi connectivity index (χ4v) is 1.82. The van der Waals surface area contributed by atoms with E-state index in [1.807, 2.05) is 6.92 Å². The molecule has 1 rings (SSSR count). The Balaban J connectivity index is 2.27. The molecular formula is C14H20F2N2O2. The van der Waals surface area contributed by atoms with E-state index in [2.05, 4.69) is 10.6 Å². The largest absolute Gasteiger partial charge is 0.396 e. The molecule has 20 heavy (non-hydrogen) atoms. The van der Waals surface area contributed by atoms with Crippen LogP contribution in [0, 0.1) is 11.6 Å². The van der Waals surface area contributed by atoms with Gasteiger partial charge in [-0.2, -0.15) is 0 Å². The second kappa shape index (κ2) is 8.47. The van der Waals surface area contributed by atoms with Crippen molar-refractivity contribution >= 4 is 6.03 Å². The number of rotatable bonds is 7. The molecule has 6 heteroatoms. The summed E-state index contributed by atoms with van der Waals surface area (Å²) < 4.78 is 25.9. The van der Waals surface area contributed by atoms with Gasteiger partial charge in [0.1, 0.15) is 11.6 Å². The van der Waals surface area contributed by atoms with Gasteiger partial charge in [-0.3, -0.25) is 0 Å². The lowest BCUT2D eigenvalue weighted by Gasteiger charge is -2.14. The summed E-state index contributed by atoms with van der Waals surface area (Å²) >= 11 is 0.